The van der Waals surface area contributed by atoms with Gasteiger partial charge in [-0.1, -0.05) is 30.3 Å². The van der Waals surface area contributed by atoms with E-state index in [1.807, 2.05) is 48.4 Å². The van der Waals surface area contributed by atoms with Crippen LogP contribution in [0.2, 0.25) is 0 Å². The number of anilines is 1. The lowest BCUT2D eigenvalue weighted by Gasteiger charge is -2.29. The summed E-state index contributed by atoms with van der Waals surface area (Å²) in [5, 5.41) is 0. The smallest absolute Gasteiger partial charge is 0.227 e. The molecule has 1 aromatic heterocycles. The summed E-state index contributed by atoms with van der Waals surface area (Å²) < 4.78 is 0. The summed E-state index contributed by atoms with van der Waals surface area (Å²) in [6.45, 7) is 2.63. The zero-order valence-electron chi connectivity index (χ0n) is 11.0. The summed E-state index contributed by atoms with van der Waals surface area (Å²) in [4.78, 5) is 18.5. The van der Waals surface area contributed by atoms with E-state index in [0.717, 1.165) is 28.9 Å². The number of carbonyl (C=O) groups excluding carboxylic acids is 1. The number of nitrogens with zero attached hydrogens (tertiary/aromatic N) is 2. The summed E-state index contributed by atoms with van der Waals surface area (Å²) in [5.74, 6) is 0.184. The molecule has 2 aromatic rings. The average Bonchev–Trinajstić information content (AvgIpc) is 2.43. The number of rotatable bonds is 2. The van der Waals surface area contributed by atoms with Crippen LogP contribution in [0.3, 0.4) is 0 Å². The van der Waals surface area contributed by atoms with Crippen LogP contribution in [-0.4, -0.2) is 10.9 Å². The van der Waals surface area contributed by atoms with Crippen molar-refractivity contribution in [1.29, 1.82) is 0 Å². The van der Waals surface area contributed by atoms with Crippen molar-refractivity contribution in [1.82, 2.24) is 4.98 Å². The number of aromatic nitrogens is 1. The van der Waals surface area contributed by atoms with E-state index in [2.05, 4.69) is 11.1 Å². The predicted octanol–water partition coefficient (Wildman–Crippen LogP) is 2.87. The average molecular weight is 252 g/mol. The van der Waals surface area contributed by atoms with Crippen molar-refractivity contribution in [3.8, 4) is 0 Å². The van der Waals surface area contributed by atoms with Gasteiger partial charge in [-0.2, -0.15) is 0 Å². The molecule has 19 heavy (non-hydrogen) atoms. The zero-order chi connectivity index (χ0) is 13.2. The molecule has 1 amide bonds. The second-order valence-electron chi connectivity index (χ2n) is 4.94. The van der Waals surface area contributed by atoms with Crippen LogP contribution >= 0.6 is 0 Å². The van der Waals surface area contributed by atoms with Crippen molar-refractivity contribution < 1.29 is 4.79 Å². The third kappa shape index (κ3) is 2.36. The number of pyridine rings is 1. The highest BCUT2D eigenvalue weighted by Crippen LogP contribution is 2.28. The van der Waals surface area contributed by atoms with E-state index in [-0.39, 0.29) is 5.91 Å². The Bertz CT molecular complexity index is 607. The molecule has 3 heteroatoms. The molecule has 0 saturated carbocycles. The van der Waals surface area contributed by atoms with Gasteiger partial charge in [0.05, 0.1) is 17.9 Å². The number of carbonyl (C=O) groups is 1. The van der Waals surface area contributed by atoms with Gasteiger partial charge in [-0.05, 0) is 24.1 Å². The van der Waals surface area contributed by atoms with E-state index in [4.69, 9.17) is 0 Å². The van der Waals surface area contributed by atoms with E-state index in [9.17, 15) is 4.79 Å². The Labute approximate surface area is 112 Å². The molecule has 0 saturated heterocycles. The number of amides is 1. The van der Waals surface area contributed by atoms with Crippen molar-refractivity contribution in [3.63, 3.8) is 0 Å². The number of benzene rings is 1. The largest absolute Gasteiger partial charge is 0.306 e. The van der Waals surface area contributed by atoms with E-state index in [1.54, 1.807) is 0 Å². The van der Waals surface area contributed by atoms with Gasteiger partial charge < -0.3 is 4.90 Å². The fraction of sp³-hybridized carbons (Fsp3) is 0.250. The van der Waals surface area contributed by atoms with Gasteiger partial charge in [0.15, 0.2) is 0 Å². The maximum absolute atomic E-state index is 12.2. The third-order valence-corrected chi connectivity index (χ3v) is 3.44. The summed E-state index contributed by atoms with van der Waals surface area (Å²) in [7, 11) is 0. The number of hydrogen-bond donors (Lipinski definition) is 0. The van der Waals surface area contributed by atoms with Crippen molar-refractivity contribution >= 4 is 11.6 Å². The lowest BCUT2D eigenvalue weighted by Crippen LogP contribution is -2.35. The summed E-state index contributed by atoms with van der Waals surface area (Å²) in [5.41, 5.74) is 4.23. The molecule has 0 N–H and O–H groups in total. The third-order valence-electron chi connectivity index (χ3n) is 3.44. The molecule has 1 aromatic carbocycles. The van der Waals surface area contributed by atoms with Gasteiger partial charge in [0.1, 0.15) is 0 Å². The molecule has 96 valence electrons. The molecular formula is C16H16N2O. The molecule has 1 aliphatic heterocycles. The molecule has 1 aliphatic rings. The Morgan fingerprint density at radius 2 is 2.00 bits per heavy atom. The van der Waals surface area contributed by atoms with E-state index in [1.165, 1.54) is 0 Å². The minimum absolute atomic E-state index is 0.184. The molecule has 0 spiro atoms. The van der Waals surface area contributed by atoms with Crippen molar-refractivity contribution in [2.75, 3.05) is 4.90 Å². The maximum atomic E-state index is 12.2. The maximum Gasteiger partial charge on any atom is 0.227 e. The van der Waals surface area contributed by atoms with Crippen molar-refractivity contribution in [3.05, 3.63) is 59.4 Å². The van der Waals surface area contributed by atoms with Gasteiger partial charge in [-0.15, -0.1) is 0 Å². The quantitative estimate of drug-likeness (QED) is 0.823. The van der Waals surface area contributed by atoms with Crippen LogP contribution in [0.5, 0.6) is 0 Å². The molecule has 0 aliphatic carbocycles. The number of fused-ring (bicyclic) bond motifs is 1. The first-order chi connectivity index (χ1) is 9.24. The lowest BCUT2D eigenvalue weighted by molar-refractivity contribution is -0.119. The van der Waals surface area contributed by atoms with Gasteiger partial charge in [0.25, 0.3) is 0 Å². The van der Waals surface area contributed by atoms with Gasteiger partial charge in [-0.3, -0.25) is 9.78 Å². The first-order valence-corrected chi connectivity index (χ1v) is 6.54. The van der Waals surface area contributed by atoms with Crippen molar-refractivity contribution in [2.24, 2.45) is 0 Å². The number of aryl methyl sites for hydroxylation is 2. The first kappa shape index (κ1) is 11.9. The summed E-state index contributed by atoms with van der Waals surface area (Å²) in [6.07, 6.45) is 3.17. The minimum atomic E-state index is 0.184. The van der Waals surface area contributed by atoms with Gasteiger partial charge >= 0.3 is 0 Å². The second-order valence-corrected chi connectivity index (χ2v) is 4.94. The van der Waals surface area contributed by atoms with Crippen LogP contribution in [0.4, 0.5) is 5.69 Å². The normalized spacial score (nSPS) is 14.4. The molecular weight excluding hydrogens is 236 g/mol. The predicted molar refractivity (Wildman–Crippen MR) is 74.9 cm³/mol. The summed E-state index contributed by atoms with van der Waals surface area (Å²) in [6, 6.07) is 12.1. The Morgan fingerprint density at radius 3 is 2.79 bits per heavy atom. The molecule has 3 rings (SSSR count). The number of hydrogen-bond acceptors (Lipinski definition) is 2. The SMILES string of the molecule is Cc1cnc2c(c1)N(Cc1ccccc1)C(=O)CC2. The molecule has 0 atom stereocenters. The Balaban J connectivity index is 1.97. The lowest BCUT2D eigenvalue weighted by atomic mass is 10.0. The van der Waals surface area contributed by atoms with Gasteiger partial charge in [0.2, 0.25) is 5.91 Å². The van der Waals surface area contributed by atoms with Crippen molar-refractivity contribution in [2.45, 2.75) is 26.3 Å². The van der Waals surface area contributed by atoms with Gasteiger partial charge in [-0.25, -0.2) is 0 Å². The highest BCUT2D eigenvalue weighted by atomic mass is 16.2. The standard InChI is InChI=1S/C16H16N2O/c1-12-9-15-14(17-10-12)7-8-16(19)18(15)11-13-5-3-2-4-6-13/h2-6,9-10H,7-8,11H2,1H3. The monoisotopic (exact) mass is 252 g/mol. The molecule has 0 radical (unpaired) electrons. The molecule has 3 nitrogen and oxygen atoms in total. The molecule has 0 unspecified atom stereocenters. The fourth-order valence-corrected chi connectivity index (χ4v) is 2.44. The van der Waals surface area contributed by atoms with Crippen LogP contribution in [-0.2, 0) is 17.8 Å². The summed E-state index contributed by atoms with van der Waals surface area (Å²) >= 11 is 0. The van der Waals surface area contributed by atoms with Crippen LogP contribution in [0.25, 0.3) is 0 Å². The second kappa shape index (κ2) is 4.84. The minimum Gasteiger partial charge on any atom is -0.306 e. The van der Waals surface area contributed by atoms with Gasteiger partial charge in [0, 0.05) is 19.0 Å². The highest BCUT2D eigenvalue weighted by Gasteiger charge is 2.25. The van der Waals surface area contributed by atoms with Crippen LogP contribution in [0.1, 0.15) is 23.2 Å². The fourth-order valence-electron chi connectivity index (χ4n) is 2.44. The van der Waals surface area contributed by atoms with E-state index in [0.29, 0.717) is 13.0 Å². The van der Waals surface area contributed by atoms with E-state index >= 15 is 0 Å². The highest BCUT2D eigenvalue weighted by molar-refractivity contribution is 5.96. The molecule has 0 fully saturated rings. The van der Waals surface area contributed by atoms with Crippen LogP contribution in [0, 0.1) is 6.92 Å². The Morgan fingerprint density at radius 1 is 1.21 bits per heavy atom. The molecule has 2 heterocycles. The Kier molecular flexibility index (Phi) is 3.03. The van der Waals surface area contributed by atoms with Crippen LogP contribution in [0.15, 0.2) is 42.6 Å². The molecule has 0 bridgehead atoms. The topological polar surface area (TPSA) is 33.2 Å². The van der Waals surface area contributed by atoms with Crippen LogP contribution < -0.4 is 4.90 Å². The van der Waals surface area contributed by atoms with E-state index < -0.39 is 0 Å². The first-order valence-electron chi connectivity index (χ1n) is 6.54. The Hall–Kier alpha value is -2.16. The zero-order valence-corrected chi connectivity index (χ0v) is 11.0.